The summed E-state index contributed by atoms with van der Waals surface area (Å²) in [5.41, 5.74) is 7.83. The van der Waals surface area contributed by atoms with E-state index in [9.17, 15) is 9.59 Å². The lowest BCUT2D eigenvalue weighted by atomic mass is 9.82. The van der Waals surface area contributed by atoms with Crippen LogP contribution in [0.25, 0.3) is 0 Å². The predicted molar refractivity (Wildman–Crippen MR) is 136 cm³/mol. The van der Waals surface area contributed by atoms with Crippen LogP contribution in [0.5, 0.6) is 0 Å². The number of likely N-dealkylation sites (tertiary alicyclic amines) is 1. The van der Waals surface area contributed by atoms with Crippen LogP contribution in [0, 0.1) is 5.92 Å². The third-order valence-corrected chi connectivity index (χ3v) is 7.01. The third kappa shape index (κ3) is 4.44. The maximum absolute atomic E-state index is 14.0. The molecule has 0 spiro atoms. The fraction of sp³-hybridized carbons (Fsp3) is 0.276. The molecule has 3 aromatic carbocycles. The van der Waals surface area contributed by atoms with Gasteiger partial charge in [-0.25, -0.2) is 4.99 Å². The van der Waals surface area contributed by atoms with Gasteiger partial charge in [0.1, 0.15) is 0 Å². The van der Waals surface area contributed by atoms with Gasteiger partial charge in [0.25, 0.3) is 5.91 Å². The predicted octanol–water partition coefficient (Wildman–Crippen LogP) is 3.57. The van der Waals surface area contributed by atoms with Crippen molar-refractivity contribution in [1.82, 2.24) is 9.80 Å². The van der Waals surface area contributed by atoms with Gasteiger partial charge in [-0.15, -0.1) is 0 Å². The molecular weight excluding hydrogens is 436 g/mol. The molecule has 0 radical (unpaired) electrons. The third-order valence-electron chi connectivity index (χ3n) is 7.01. The monoisotopic (exact) mass is 466 g/mol. The van der Waals surface area contributed by atoms with Gasteiger partial charge in [0, 0.05) is 19.6 Å². The summed E-state index contributed by atoms with van der Waals surface area (Å²) in [6.45, 7) is 1.81. The standard InChI is InChI=1S/C29H30N4O2/c30-28-31-29(24-14-6-2-7-15-24,25-16-8-3-9-17-25)27(35)33(28)21-23-13-10-18-32(20-23)26(34)19-22-11-4-1-5-12-22/h1-9,11-12,14-17,23H,10,13,18-21H2,(H2,30,31)/t23-/m0/s1. The summed E-state index contributed by atoms with van der Waals surface area (Å²) in [7, 11) is 0. The van der Waals surface area contributed by atoms with Crippen molar-refractivity contribution >= 4 is 17.8 Å². The lowest BCUT2D eigenvalue weighted by Crippen LogP contribution is -2.49. The van der Waals surface area contributed by atoms with Crippen molar-refractivity contribution in [3.63, 3.8) is 0 Å². The number of hydrogen-bond donors (Lipinski definition) is 1. The quantitative estimate of drug-likeness (QED) is 0.603. The number of benzene rings is 3. The maximum atomic E-state index is 14.0. The van der Waals surface area contributed by atoms with Crippen LogP contribution in [-0.2, 0) is 21.5 Å². The molecule has 0 saturated carbocycles. The minimum Gasteiger partial charge on any atom is -0.369 e. The largest absolute Gasteiger partial charge is 0.369 e. The van der Waals surface area contributed by atoms with Crippen LogP contribution in [-0.4, -0.2) is 47.2 Å². The fourth-order valence-corrected chi connectivity index (χ4v) is 5.24. The van der Waals surface area contributed by atoms with Gasteiger partial charge in [0.05, 0.1) is 6.42 Å². The second-order valence-electron chi connectivity index (χ2n) is 9.34. The van der Waals surface area contributed by atoms with E-state index in [0.29, 0.717) is 19.5 Å². The van der Waals surface area contributed by atoms with Crippen LogP contribution < -0.4 is 5.73 Å². The fourth-order valence-electron chi connectivity index (χ4n) is 5.24. The summed E-state index contributed by atoms with van der Waals surface area (Å²) in [6, 6.07) is 29.0. The molecule has 0 unspecified atom stereocenters. The summed E-state index contributed by atoms with van der Waals surface area (Å²) in [5.74, 6) is 0.359. The number of rotatable bonds is 6. The molecule has 2 N–H and O–H groups in total. The van der Waals surface area contributed by atoms with E-state index < -0.39 is 5.54 Å². The molecule has 35 heavy (non-hydrogen) atoms. The Morgan fingerprint density at radius 1 is 0.914 bits per heavy atom. The van der Waals surface area contributed by atoms with Gasteiger partial charge in [-0.3, -0.25) is 14.5 Å². The van der Waals surface area contributed by atoms with Crippen molar-refractivity contribution < 1.29 is 9.59 Å². The summed E-state index contributed by atoms with van der Waals surface area (Å²) < 4.78 is 0. The van der Waals surface area contributed by atoms with Crippen LogP contribution in [0.4, 0.5) is 0 Å². The lowest BCUT2D eigenvalue weighted by Gasteiger charge is -2.35. The smallest absolute Gasteiger partial charge is 0.266 e. The molecule has 0 aromatic heterocycles. The second-order valence-corrected chi connectivity index (χ2v) is 9.34. The second kappa shape index (κ2) is 9.74. The lowest BCUT2D eigenvalue weighted by molar-refractivity contribution is -0.133. The van der Waals surface area contributed by atoms with Gasteiger partial charge in [0.15, 0.2) is 11.5 Å². The van der Waals surface area contributed by atoms with Crippen LogP contribution in [0.3, 0.4) is 0 Å². The van der Waals surface area contributed by atoms with Crippen LogP contribution in [0.15, 0.2) is 96.0 Å². The Hall–Kier alpha value is -3.93. The molecular formula is C29H30N4O2. The van der Waals surface area contributed by atoms with E-state index in [1.807, 2.05) is 95.9 Å². The Kier molecular flexibility index (Phi) is 6.36. The molecule has 3 aromatic rings. The molecule has 2 aliphatic rings. The Bertz CT molecular complexity index is 1170. The molecule has 6 heteroatoms. The number of carbonyl (C=O) groups is 2. The Balaban J connectivity index is 1.35. The highest BCUT2D eigenvalue weighted by molar-refractivity contribution is 6.09. The number of carbonyl (C=O) groups excluding carboxylic acids is 2. The number of nitrogens with two attached hydrogens (primary N) is 1. The van der Waals surface area contributed by atoms with Crippen LogP contribution in [0.1, 0.15) is 29.5 Å². The zero-order valence-electron chi connectivity index (χ0n) is 19.7. The normalized spacial score (nSPS) is 19.5. The Labute approximate surface area is 206 Å². The zero-order valence-corrected chi connectivity index (χ0v) is 19.7. The molecule has 2 heterocycles. The Morgan fingerprint density at radius 3 is 2.09 bits per heavy atom. The van der Waals surface area contributed by atoms with E-state index in [2.05, 4.69) is 0 Å². The number of hydrogen-bond acceptors (Lipinski definition) is 4. The van der Waals surface area contributed by atoms with Crippen molar-refractivity contribution in [3.05, 3.63) is 108 Å². The number of amides is 2. The number of guanidine groups is 1. The molecule has 1 fully saturated rings. The average molecular weight is 467 g/mol. The minimum atomic E-state index is -1.19. The molecule has 2 aliphatic heterocycles. The molecule has 2 amide bonds. The highest BCUT2D eigenvalue weighted by Crippen LogP contribution is 2.40. The van der Waals surface area contributed by atoms with Crippen LogP contribution in [0.2, 0.25) is 0 Å². The summed E-state index contributed by atoms with van der Waals surface area (Å²) >= 11 is 0. The average Bonchev–Trinajstić information content (AvgIpc) is 3.16. The van der Waals surface area contributed by atoms with E-state index in [4.69, 9.17) is 10.7 Å². The highest BCUT2D eigenvalue weighted by Gasteiger charge is 2.51. The number of piperidine rings is 1. The molecule has 1 saturated heterocycles. The van der Waals surface area contributed by atoms with E-state index in [1.165, 1.54) is 0 Å². The van der Waals surface area contributed by atoms with Gasteiger partial charge >= 0.3 is 0 Å². The molecule has 178 valence electrons. The van der Waals surface area contributed by atoms with Gasteiger partial charge in [0.2, 0.25) is 5.91 Å². The SMILES string of the molecule is NC1=NC(c2ccccc2)(c2ccccc2)C(=O)N1C[C@H]1CCCN(C(=O)Cc2ccccc2)C1. The van der Waals surface area contributed by atoms with Crippen molar-refractivity contribution in [1.29, 1.82) is 0 Å². The summed E-state index contributed by atoms with van der Waals surface area (Å²) in [5, 5.41) is 0. The van der Waals surface area contributed by atoms with Crippen molar-refractivity contribution in [2.75, 3.05) is 19.6 Å². The van der Waals surface area contributed by atoms with Crippen molar-refractivity contribution in [2.45, 2.75) is 24.8 Å². The zero-order chi connectivity index (χ0) is 24.3. The highest BCUT2D eigenvalue weighted by atomic mass is 16.2. The number of nitrogens with zero attached hydrogens (tertiary/aromatic N) is 3. The molecule has 5 rings (SSSR count). The summed E-state index contributed by atoms with van der Waals surface area (Å²) in [4.78, 5) is 35.3. The first kappa shape index (κ1) is 22.8. The minimum absolute atomic E-state index is 0.123. The van der Waals surface area contributed by atoms with E-state index in [-0.39, 0.29) is 23.7 Å². The molecule has 1 atom stereocenters. The maximum Gasteiger partial charge on any atom is 0.266 e. The first-order valence-corrected chi connectivity index (χ1v) is 12.2. The van der Waals surface area contributed by atoms with E-state index in [0.717, 1.165) is 36.1 Å². The van der Waals surface area contributed by atoms with Crippen molar-refractivity contribution in [2.24, 2.45) is 16.6 Å². The summed E-state index contributed by atoms with van der Waals surface area (Å²) in [6.07, 6.45) is 2.24. The van der Waals surface area contributed by atoms with E-state index in [1.54, 1.807) is 4.90 Å². The molecule has 6 nitrogen and oxygen atoms in total. The first-order valence-electron chi connectivity index (χ1n) is 12.2. The van der Waals surface area contributed by atoms with Gasteiger partial charge in [-0.05, 0) is 35.4 Å². The number of aliphatic imine (C=N–C) groups is 1. The molecule has 0 bridgehead atoms. The Morgan fingerprint density at radius 2 is 1.49 bits per heavy atom. The van der Waals surface area contributed by atoms with Gasteiger partial charge in [-0.2, -0.15) is 0 Å². The van der Waals surface area contributed by atoms with Gasteiger partial charge in [-0.1, -0.05) is 91.0 Å². The van der Waals surface area contributed by atoms with Crippen LogP contribution >= 0.6 is 0 Å². The topological polar surface area (TPSA) is 79.0 Å². The first-order chi connectivity index (χ1) is 17.1. The van der Waals surface area contributed by atoms with E-state index >= 15 is 0 Å². The van der Waals surface area contributed by atoms with Crippen molar-refractivity contribution in [3.8, 4) is 0 Å². The molecule has 0 aliphatic carbocycles. The van der Waals surface area contributed by atoms with Gasteiger partial charge < -0.3 is 10.6 Å².